The maximum absolute atomic E-state index is 12.7. The Morgan fingerprint density at radius 3 is 0.877 bits per heavy atom. The van der Waals surface area contributed by atoms with Gasteiger partial charge in [0.15, 0.2) is 0 Å². The molecule has 0 bridgehead atoms. The Labute approximate surface area is 414 Å². The second kappa shape index (κ2) is 38.1. The van der Waals surface area contributed by atoms with Crippen LogP contribution >= 0.6 is 0 Å². The van der Waals surface area contributed by atoms with Crippen molar-refractivity contribution in [3.05, 3.63) is 85.5 Å². The summed E-state index contributed by atoms with van der Waals surface area (Å²) in [5, 5.41) is 0. The Morgan fingerprint density at radius 1 is 0.323 bits per heavy atom. The van der Waals surface area contributed by atoms with Crippen LogP contribution in [0.5, 0.6) is 0 Å². The first-order valence-electron chi connectivity index (χ1n) is 28.6. The Morgan fingerprint density at radius 2 is 0.585 bits per heavy atom. The van der Waals surface area contributed by atoms with Gasteiger partial charge in [0.25, 0.3) is 0 Å². The van der Waals surface area contributed by atoms with Gasteiger partial charge in [-0.05, 0) is 160 Å². The summed E-state index contributed by atoms with van der Waals surface area (Å²) in [7, 11) is 0. The van der Waals surface area contributed by atoms with Gasteiger partial charge in [-0.1, -0.05) is 107 Å². The van der Waals surface area contributed by atoms with Gasteiger partial charge in [0, 0.05) is 22.3 Å². The Hall–Kier alpha value is -1.82. The summed E-state index contributed by atoms with van der Waals surface area (Å²) in [6.07, 6.45) is 42.8. The van der Waals surface area contributed by atoms with E-state index >= 15 is 0 Å². The molecule has 2 nitrogen and oxygen atoms in total. The van der Waals surface area contributed by atoms with E-state index < -0.39 is 0 Å². The summed E-state index contributed by atoms with van der Waals surface area (Å²) in [6, 6.07) is 10.0. The van der Waals surface area contributed by atoms with Gasteiger partial charge in [-0.3, -0.25) is 0 Å². The number of unbranched alkanes of at least 4 members (excludes halogenated alkanes) is 16. The number of allylic oxidation sites excluding steroid dienone is 2. The fourth-order valence-electron chi connectivity index (χ4n) is 9.67. The van der Waals surface area contributed by atoms with E-state index in [0.29, 0.717) is 0 Å². The molecule has 1 aliphatic heterocycles. The summed E-state index contributed by atoms with van der Waals surface area (Å²) in [4.78, 5) is 3.07. The molecule has 65 heavy (non-hydrogen) atoms. The quantitative estimate of drug-likeness (QED) is 0.0364. The standard InChI is InChI=1S/C48H76N2.2C7H15.Pd/c1-9-17-25-37-33-41(34-38(26-18-10-2)43(37)29-21-13-5)47-45(31-23-15-7)46(32-24-16-8)48(50(47)49)42-35-39(27-19-11-3)44(30-22-14-6)40(36-42)28-20-12-4;2*1-3-5-7-6-4-2;/h33-36H,9-32H2,1-8H3;2*1,3-7H2,2H3;. The Kier molecular flexibility index (Phi) is 34.7. The molecule has 3 rings (SSSR count). The minimum atomic E-state index is 1.03. The van der Waals surface area contributed by atoms with Crippen molar-refractivity contribution < 1.29 is 22.7 Å². The fourth-order valence-corrected chi connectivity index (χ4v) is 11.6. The molecule has 1 heterocycles. The van der Waals surface area contributed by atoms with Crippen molar-refractivity contribution in [2.75, 3.05) is 0 Å². The van der Waals surface area contributed by atoms with Crippen LogP contribution in [0.15, 0.2) is 35.4 Å². The summed E-state index contributed by atoms with van der Waals surface area (Å²) in [6.45, 7) is 23.1. The molecule has 0 N–H and O–H groups in total. The Balaban J connectivity index is 0.000000824. The van der Waals surface area contributed by atoms with Crippen LogP contribution in [0.25, 0.3) is 16.9 Å². The van der Waals surface area contributed by atoms with Crippen LogP contribution in [0.2, 0.25) is 9.79 Å². The number of rotatable bonds is 38. The third-order valence-electron chi connectivity index (χ3n) is 13.8. The van der Waals surface area contributed by atoms with Gasteiger partial charge >= 0.3 is 106 Å². The van der Waals surface area contributed by atoms with E-state index in [0.717, 1.165) is 93.6 Å². The van der Waals surface area contributed by atoms with E-state index in [1.165, 1.54) is 208 Å². The molecule has 0 spiro atoms. The maximum atomic E-state index is 12.7. The van der Waals surface area contributed by atoms with Crippen LogP contribution in [0.3, 0.4) is 0 Å². The second-order valence-electron chi connectivity index (χ2n) is 19.6. The average molecular weight is 986 g/mol. The molecule has 3 heteroatoms. The zero-order valence-electron chi connectivity index (χ0n) is 45.0. The van der Waals surface area contributed by atoms with Gasteiger partial charge in [-0.25, -0.2) is 4.70 Å². The van der Waals surface area contributed by atoms with Gasteiger partial charge in [-0.2, -0.15) is 0 Å². The van der Waals surface area contributed by atoms with Crippen LogP contribution in [0, 0.1) is 0 Å². The van der Waals surface area contributed by atoms with Gasteiger partial charge in [0.2, 0.25) is 11.4 Å². The predicted octanol–water partition coefficient (Wildman–Crippen LogP) is 21.1. The topological polar surface area (TPSA) is 25.3 Å². The monoisotopic (exact) mass is 985 g/mol. The van der Waals surface area contributed by atoms with Gasteiger partial charge < -0.3 is 5.53 Å². The number of nitrogens with zero attached hydrogens (tertiary/aromatic N) is 2. The van der Waals surface area contributed by atoms with Gasteiger partial charge in [0.05, 0.1) is 0 Å². The van der Waals surface area contributed by atoms with Crippen LogP contribution in [0.1, 0.15) is 294 Å². The third kappa shape index (κ3) is 21.6. The summed E-state index contributed by atoms with van der Waals surface area (Å²) in [5.74, 6) is 0. The molecule has 0 amide bonds. The first-order valence-corrected chi connectivity index (χ1v) is 30.8. The Bertz CT molecular complexity index is 1450. The molecular weight excluding hydrogens is 879 g/mol. The van der Waals surface area contributed by atoms with Gasteiger partial charge in [-0.15, -0.1) is 0 Å². The summed E-state index contributed by atoms with van der Waals surface area (Å²) >= 11 is 1.07. The number of benzene rings is 2. The molecule has 0 saturated carbocycles. The molecule has 0 atom stereocenters. The van der Waals surface area contributed by atoms with Crippen molar-refractivity contribution in [1.82, 2.24) is 0 Å². The number of aryl methyl sites for hydroxylation is 4. The molecule has 1 aliphatic rings. The molecule has 374 valence electrons. The predicted molar refractivity (Wildman–Crippen MR) is 288 cm³/mol. The number of hydrogen-bond donors (Lipinski definition) is 0. The van der Waals surface area contributed by atoms with Crippen molar-refractivity contribution in [3.8, 4) is 0 Å². The normalized spacial score (nSPS) is 12.9. The molecular formula is C62H106N2Pd. The first-order chi connectivity index (χ1) is 31.8. The van der Waals surface area contributed by atoms with Crippen molar-refractivity contribution in [3.63, 3.8) is 0 Å². The van der Waals surface area contributed by atoms with Crippen molar-refractivity contribution in [2.24, 2.45) is 0 Å². The molecule has 0 aromatic heterocycles. The summed E-state index contributed by atoms with van der Waals surface area (Å²) < 4.78 is 1.69. The van der Waals surface area contributed by atoms with Crippen molar-refractivity contribution >= 4 is 11.4 Å². The first kappa shape index (κ1) is 59.3. The van der Waals surface area contributed by atoms with Crippen molar-refractivity contribution in [2.45, 2.75) is 297 Å². The average Bonchev–Trinajstić information content (AvgIpc) is 3.60. The van der Waals surface area contributed by atoms with Crippen LogP contribution in [-0.4, -0.2) is 4.70 Å². The third-order valence-corrected chi connectivity index (χ3v) is 15.9. The van der Waals surface area contributed by atoms with Gasteiger partial charge in [0.1, 0.15) is 0 Å². The van der Waals surface area contributed by atoms with Crippen LogP contribution in [-0.2, 0) is 56.5 Å². The van der Waals surface area contributed by atoms with Crippen molar-refractivity contribution in [1.29, 1.82) is 0 Å². The van der Waals surface area contributed by atoms with E-state index in [2.05, 4.69) is 93.5 Å². The summed E-state index contributed by atoms with van der Waals surface area (Å²) in [5.41, 5.74) is 29.5. The van der Waals surface area contributed by atoms with Crippen LogP contribution < -0.4 is 0 Å². The molecule has 2 aromatic rings. The van der Waals surface area contributed by atoms with E-state index in [4.69, 9.17) is 0 Å². The van der Waals surface area contributed by atoms with Crippen LogP contribution in [0.4, 0.5) is 0 Å². The molecule has 0 aliphatic carbocycles. The number of hydrogen-bond acceptors (Lipinski definition) is 0. The molecule has 0 unspecified atom stereocenters. The molecule has 0 radical (unpaired) electrons. The molecule has 0 saturated heterocycles. The fraction of sp³-hybridized carbons (Fsp3) is 0.742. The zero-order valence-corrected chi connectivity index (χ0v) is 46.5. The zero-order chi connectivity index (χ0) is 47.5. The minimum absolute atomic E-state index is 1.03. The second-order valence-corrected chi connectivity index (χ2v) is 22.0. The van der Waals surface area contributed by atoms with E-state index in [1.807, 2.05) is 0 Å². The molecule has 0 fully saturated rings. The SMILES string of the molecule is CCCCC1=C(c2cc(CCCC)c(CCCC)c(CCCC)c2)[N+](=[N-])C(c2cc(CCCC)c(CCCC)c(CCCC)c2)=C1CCCC.CCCCCC[CH2][Pd][CH2]CCCCCC. The van der Waals surface area contributed by atoms with E-state index in [-0.39, 0.29) is 0 Å². The van der Waals surface area contributed by atoms with E-state index in [1.54, 1.807) is 15.8 Å². The van der Waals surface area contributed by atoms with E-state index in [9.17, 15) is 5.53 Å². The molecule has 2 aromatic carbocycles.